The van der Waals surface area contributed by atoms with Crippen LogP contribution in [0.1, 0.15) is 63.7 Å². The van der Waals surface area contributed by atoms with Crippen molar-refractivity contribution < 1.29 is 33.8 Å². The zero-order chi connectivity index (χ0) is 47.7. The van der Waals surface area contributed by atoms with Crippen molar-refractivity contribution in [2.75, 3.05) is 16.0 Å². The number of anilines is 3. The van der Waals surface area contributed by atoms with Gasteiger partial charge in [0.2, 0.25) is 0 Å². The maximum absolute atomic E-state index is 12.4. The summed E-state index contributed by atoms with van der Waals surface area (Å²) in [7, 11) is 0. The Bertz CT molecular complexity index is 2950. The molecule has 67 heavy (non-hydrogen) atoms. The van der Waals surface area contributed by atoms with Crippen LogP contribution in [-0.4, -0.2) is 28.8 Å². The smallest absolute Gasteiger partial charge is 0.337 e. The van der Waals surface area contributed by atoms with Crippen molar-refractivity contribution in [1.82, 2.24) is 0 Å². The maximum Gasteiger partial charge on any atom is 0.337 e. The highest BCUT2D eigenvalue weighted by molar-refractivity contribution is 9.10. The number of aromatic carboxylic acids is 1. The molecule has 0 saturated heterocycles. The zero-order valence-corrected chi connectivity index (χ0v) is 38.8. The molecule has 8 rings (SSSR count). The number of amides is 3. The number of carboxylic acids is 1. The van der Waals surface area contributed by atoms with E-state index in [1.54, 1.807) is 60.7 Å². The first-order chi connectivity index (χ1) is 32.3. The first-order valence-corrected chi connectivity index (χ1v) is 21.9. The summed E-state index contributed by atoms with van der Waals surface area (Å²) in [6.45, 7) is 7.93. The van der Waals surface area contributed by atoms with Crippen molar-refractivity contribution in [3.63, 3.8) is 0 Å². The standard InChI is InChI=1S/C21H17NO4.C21H19NO2.C14H12BrNO/c1-14-7-9-16(10-8-14)26-17-11-12-18(21(24)25)19(13-17)22-20(23)15-5-3-2-4-6-15;1-15-8-11-18(12-9-15)24-19-13-10-16(2)20(14-19)22-21(23)17-6-4-3-5-7-17;1-10-7-8-12(15)9-13(10)16-14(17)11-5-3-2-4-6-11/h2-13H,1H3,(H,22,23)(H,24,25);3-14H,1-2H3,(H,22,23);2-9H,1H3,(H,16,17). The van der Waals surface area contributed by atoms with E-state index in [0.717, 1.165) is 38.3 Å². The van der Waals surface area contributed by atoms with Gasteiger partial charge in [-0.1, -0.05) is 118 Å². The van der Waals surface area contributed by atoms with Gasteiger partial charge in [-0.2, -0.15) is 0 Å². The lowest BCUT2D eigenvalue weighted by Gasteiger charge is -2.12. The normalized spacial score (nSPS) is 10.2. The second kappa shape index (κ2) is 23.6. The quantitative estimate of drug-likeness (QED) is 0.101. The fourth-order valence-electron chi connectivity index (χ4n) is 6.24. The number of hydrogen-bond donors (Lipinski definition) is 4. The summed E-state index contributed by atoms with van der Waals surface area (Å²) < 4.78 is 12.6. The molecule has 0 heterocycles. The Morgan fingerprint density at radius 1 is 0.403 bits per heavy atom. The third kappa shape index (κ3) is 14.6. The molecule has 8 aromatic rings. The Kier molecular flexibility index (Phi) is 17.0. The van der Waals surface area contributed by atoms with Crippen LogP contribution in [0.2, 0.25) is 0 Å². The Balaban J connectivity index is 0.000000169. The molecule has 4 N–H and O–H groups in total. The number of hydrogen-bond acceptors (Lipinski definition) is 6. The second-order valence-corrected chi connectivity index (χ2v) is 16.2. The zero-order valence-electron chi connectivity index (χ0n) is 37.2. The van der Waals surface area contributed by atoms with Gasteiger partial charge in [-0.3, -0.25) is 14.4 Å². The van der Waals surface area contributed by atoms with E-state index in [1.807, 2.05) is 149 Å². The lowest BCUT2D eigenvalue weighted by Crippen LogP contribution is -2.14. The molecule has 0 radical (unpaired) electrons. The summed E-state index contributed by atoms with van der Waals surface area (Å²) in [5, 5.41) is 17.9. The van der Waals surface area contributed by atoms with Crippen molar-refractivity contribution in [2.45, 2.75) is 27.7 Å². The van der Waals surface area contributed by atoms with Crippen molar-refractivity contribution in [3.8, 4) is 23.0 Å². The number of ether oxygens (including phenoxy) is 2. The van der Waals surface area contributed by atoms with Crippen LogP contribution in [0.3, 0.4) is 0 Å². The molecular formula is C56H48BrN3O7. The van der Waals surface area contributed by atoms with Crippen LogP contribution in [0, 0.1) is 27.7 Å². The molecule has 0 spiro atoms. The molecule has 11 heteroatoms. The van der Waals surface area contributed by atoms with Crippen LogP contribution < -0.4 is 25.4 Å². The summed E-state index contributed by atoms with van der Waals surface area (Å²) >= 11 is 3.39. The third-order valence-corrected chi connectivity index (χ3v) is 10.5. The SMILES string of the molecule is Cc1ccc(Br)cc1NC(=O)c1ccccc1.Cc1ccc(Oc2ccc(C(=O)O)c(NC(=O)c3ccccc3)c2)cc1.Cc1ccc(Oc2ccc(C)c(NC(=O)c3ccccc3)c2)cc1. The minimum Gasteiger partial charge on any atom is -0.478 e. The first kappa shape index (κ1) is 48.2. The molecule has 0 aliphatic heterocycles. The lowest BCUT2D eigenvalue weighted by atomic mass is 10.1. The van der Waals surface area contributed by atoms with Gasteiger partial charge in [-0.25, -0.2) is 4.79 Å². The van der Waals surface area contributed by atoms with Gasteiger partial charge >= 0.3 is 5.97 Å². The number of carbonyl (C=O) groups excluding carboxylic acids is 3. The minimum absolute atomic E-state index is 0.00876. The molecule has 0 aliphatic carbocycles. The second-order valence-electron chi connectivity index (χ2n) is 15.2. The molecule has 0 aromatic heterocycles. The Labute approximate surface area is 398 Å². The Morgan fingerprint density at radius 2 is 0.746 bits per heavy atom. The van der Waals surface area contributed by atoms with E-state index in [0.29, 0.717) is 33.9 Å². The molecule has 3 amide bonds. The van der Waals surface area contributed by atoms with Crippen LogP contribution in [0.5, 0.6) is 23.0 Å². The minimum atomic E-state index is -1.13. The molecule has 0 bridgehead atoms. The van der Waals surface area contributed by atoms with Crippen LogP contribution in [0.25, 0.3) is 0 Å². The monoisotopic (exact) mass is 953 g/mol. The molecule has 0 saturated carbocycles. The summed E-state index contributed by atoms with van der Waals surface area (Å²) in [4.78, 5) is 48.1. The highest BCUT2D eigenvalue weighted by Gasteiger charge is 2.16. The van der Waals surface area contributed by atoms with E-state index in [4.69, 9.17) is 9.47 Å². The highest BCUT2D eigenvalue weighted by atomic mass is 79.9. The number of benzene rings is 8. The van der Waals surface area contributed by atoms with Gasteiger partial charge in [-0.05, 0) is 130 Å². The van der Waals surface area contributed by atoms with E-state index in [-0.39, 0.29) is 29.0 Å². The Morgan fingerprint density at radius 3 is 1.16 bits per heavy atom. The van der Waals surface area contributed by atoms with Gasteiger partial charge in [0.1, 0.15) is 23.0 Å². The van der Waals surface area contributed by atoms with Gasteiger partial charge in [0, 0.05) is 44.7 Å². The summed E-state index contributed by atoms with van der Waals surface area (Å²) in [5.41, 5.74) is 7.77. The topological polar surface area (TPSA) is 143 Å². The summed E-state index contributed by atoms with van der Waals surface area (Å²) in [6.07, 6.45) is 0. The van der Waals surface area contributed by atoms with Crippen LogP contribution >= 0.6 is 15.9 Å². The fourth-order valence-corrected chi connectivity index (χ4v) is 6.60. The Hall–Kier alpha value is -8.28. The van der Waals surface area contributed by atoms with Crippen molar-refractivity contribution in [2.24, 2.45) is 0 Å². The van der Waals surface area contributed by atoms with Crippen LogP contribution in [0.15, 0.2) is 199 Å². The average Bonchev–Trinajstić information content (AvgIpc) is 3.34. The molecular weight excluding hydrogens is 907 g/mol. The average molecular weight is 955 g/mol. The van der Waals surface area contributed by atoms with Gasteiger partial charge in [0.15, 0.2) is 0 Å². The molecule has 336 valence electrons. The molecule has 0 unspecified atom stereocenters. The van der Waals surface area contributed by atoms with E-state index < -0.39 is 5.97 Å². The number of halogens is 1. The largest absolute Gasteiger partial charge is 0.478 e. The predicted molar refractivity (Wildman–Crippen MR) is 269 cm³/mol. The third-order valence-electron chi connectivity index (χ3n) is 10.00. The summed E-state index contributed by atoms with van der Waals surface area (Å²) in [6, 6.07) is 58.2. The van der Waals surface area contributed by atoms with Gasteiger partial charge in [0.05, 0.1) is 11.3 Å². The molecule has 10 nitrogen and oxygen atoms in total. The van der Waals surface area contributed by atoms with Gasteiger partial charge < -0.3 is 30.5 Å². The molecule has 0 aliphatic rings. The number of carbonyl (C=O) groups is 4. The predicted octanol–water partition coefficient (Wildman–Crippen LogP) is 14.1. The fraction of sp³-hybridized carbons (Fsp3) is 0.0714. The number of nitrogens with one attached hydrogen (secondary N) is 3. The molecule has 8 aromatic carbocycles. The number of aryl methyl sites for hydroxylation is 4. The van der Waals surface area contributed by atoms with E-state index in [2.05, 4.69) is 31.9 Å². The summed E-state index contributed by atoms with van der Waals surface area (Å²) in [5.74, 6) is 0.771. The van der Waals surface area contributed by atoms with E-state index >= 15 is 0 Å². The van der Waals surface area contributed by atoms with Crippen LogP contribution in [0.4, 0.5) is 17.1 Å². The molecule has 0 atom stereocenters. The van der Waals surface area contributed by atoms with Crippen LogP contribution in [-0.2, 0) is 0 Å². The van der Waals surface area contributed by atoms with Crippen molar-refractivity contribution >= 4 is 56.7 Å². The van der Waals surface area contributed by atoms with Gasteiger partial charge in [0.25, 0.3) is 17.7 Å². The van der Waals surface area contributed by atoms with E-state index in [9.17, 15) is 24.3 Å². The molecule has 0 fully saturated rings. The van der Waals surface area contributed by atoms with Crippen molar-refractivity contribution in [1.29, 1.82) is 0 Å². The van der Waals surface area contributed by atoms with Gasteiger partial charge in [-0.15, -0.1) is 0 Å². The maximum atomic E-state index is 12.4. The van der Waals surface area contributed by atoms with Crippen molar-refractivity contribution in [3.05, 3.63) is 243 Å². The van der Waals surface area contributed by atoms with E-state index in [1.165, 1.54) is 17.7 Å². The first-order valence-electron chi connectivity index (χ1n) is 21.1. The number of carboxylic acid groups (broad SMARTS) is 1. The highest BCUT2D eigenvalue weighted by Crippen LogP contribution is 2.29. The number of rotatable bonds is 11. The lowest BCUT2D eigenvalue weighted by molar-refractivity contribution is 0.0697.